The Labute approximate surface area is 183 Å². The van der Waals surface area contributed by atoms with Crippen molar-refractivity contribution in [1.29, 1.82) is 0 Å². The summed E-state index contributed by atoms with van der Waals surface area (Å²) in [6.45, 7) is 5.13. The summed E-state index contributed by atoms with van der Waals surface area (Å²) in [6.07, 6.45) is 2.15. The van der Waals surface area contributed by atoms with Gasteiger partial charge in [0.1, 0.15) is 5.60 Å². The summed E-state index contributed by atoms with van der Waals surface area (Å²) < 4.78 is 6.38. The first-order valence-corrected chi connectivity index (χ1v) is 11.0. The Morgan fingerprint density at radius 3 is 2.55 bits per heavy atom. The average molecular weight is 419 g/mol. The number of amides is 2. The Balaban J connectivity index is 1.60. The third kappa shape index (κ3) is 4.02. The van der Waals surface area contributed by atoms with Gasteiger partial charge >= 0.3 is 0 Å². The molecule has 1 atom stereocenters. The highest BCUT2D eigenvalue weighted by atomic mass is 16.5. The summed E-state index contributed by atoms with van der Waals surface area (Å²) in [5.74, 6) is -0.0283. The number of imide groups is 1. The topological polar surface area (TPSA) is 72.6 Å². The first-order chi connectivity index (χ1) is 14.9. The fourth-order valence-electron chi connectivity index (χ4n) is 4.81. The van der Waals surface area contributed by atoms with Crippen LogP contribution in [-0.2, 0) is 26.3 Å². The van der Waals surface area contributed by atoms with Crippen molar-refractivity contribution in [3.63, 3.8) is 0 Å². The summed E-state index contributed by atoms with van der Waals surface area (Å²) in [6, 6.07) is 17.5. The summed E-state index contributed by atoms with van der Waals surface area (Å²) in [5.41, 5.74) is 9.52. The smallest absolute Gasteiger partial charge is 0.259 e. The van der Waals surface area contributed by atoms with Crippen molar-refractivity contribution in [3.05, 3.63) is 76.9 Å². The van der Waals surface area contributed by atoms with Gasteiger partial charge < -0.3 is 10.5 Å². The van der Waals surface area contributed by atoms with E-state index in [9.17, 15) is 9.59 Å². The second-order valence-corrected chi connectivity index (χ2v) is 8.86. The zero-order valence-electron chi connectivity index (χ0n) is 18.3. The summed E-state index contributed by atoms with van der Waals surface area (Å²) in [4.78, 5) is 28.1. The summed E-state index contributed by atoms with van der Waals surface area (Å²) in [5, 5.41) is 0. The number of para-hydroxylation sites is 1. The Kier molecular flexibility index (Phi) is 5.96. The van der Waals surface area contributed by atoms with E-state index in [1.54, 1.807) is 0 Å². The van der Waals surface area contributed by atoms with E-state index in [1.165, 1.54) is 4.90 Å². The van der Waals surface area contributed by atoms with E-state index in [0.29, 0.717) is 49.6 Å². The molecule has 0 fully saturated rings. The molecule has 2 aliphatic rings. The predicted molar refractivity (Wildman–Crippen MR) is 121 cm³/mol. The number of ether oxygens (including phenoxy) is 1. The number of aryl methyl sites for hydroxylation is 1. The maximum atomic E-state index is 13.6. The fourth-order valence-corrected chi connectivity index (χ4v) is 4.81. The van der Waals surface area contributed by atoms with Crippen LogP contribution in [0.3, 0.4) is 0 Å². The second kappa shape index (κ2) is 8.67. The van der Waals surface area contributed by atoms with Gasteiger partial charge in [0.05, 0.1) is 12.2 Å². The SMILES string of the molecule is CC(C)CC1(c2ccccc2)OCC2=C1C(=O)N(C(=O)CCc1ccccc1N)CC2. The molecule has 2 aliphatic heterocycles. The first-order valence-electron chi connectivity index (χ1n) is 11.0. The van der Waals surface area contributed by atoms with Crippen LogP contribution in [0.15, 0.2) is 65.7 Å². The molecule has 2 heterocycles. The van der Waals surface area contributed by atoms with E-state index in [4.69, 9.17) is 10.5 Å². The van der Waals surface area contributed by atoms with Gasteiger partial charge in [0.2, 0.25) is 5.91 Å². The Morgan fingerprint density at radius 1 is 1.13 bits per heavy atom. The van der Waals surface area contributed by atoms with E-state index in [2.05, 4.69) is 13.8 Å². The third-order valence-electron chi connectivity index (χ3n) is 6.25. The lowest BCUT2D eigenvalue weighted by Crippen LogP contribution is -2.46. The van der Waals surface area contributed by atoms with Gasteiger partial charge in [-0.25, -0.2) is 0 Å². The van der Waals surface area contributed by atoms with Gasteiger partial charge in [0, 0.05) is 18.7 Å². The quantitative estimate of drug-likeness (QED) is 0.713. The number of hydrogen-bond donors (Lipinski definition) is 1. The molecular formula is C26H30N2O3. The number of nitrogen functional groups attached to an aromatic ring is 1. The van der Waals surface area contributed by atoms with Crippen LogP contribution in [0, 0.1) is 5.92 Å². The number of nitrogens with two attached hydrogens (primary N) is 1. The van der Waals surface area contributed by atoms with Crippen molar-refractivity contribution in [1.82, 2.24) is 4.90 Å². The van der Waals surface area contributed by atoms with Crippen molar-refractivity contribution >= 4 is 17.5 Å². The largest absolute Gasteiger partial charge is 0.399 e. The van der Waals surface area contributed by atoms with Crippen LogP contribution in [0.1, 0.15) is 44.2 Å². The van der Waals surface area contributed by atoms with Crippen LogP contribution < -0.4 is 5.73 Å². The van der Waals surface area contributed by atoms with Gasteiger partial charge in [0.25, 0.3) is 5.91 Å². The third-order valence-corrected chi connectivity index (χ3v) is 6.25. The maximum absolute atomic E-state index is 13.6. The highest BCUT2D eigenvalue weighted by Crippen LogP contribution is 2.48. The molecule has 0 radical (unpaired) electrons. The zero-order chi connectivity index (χ0) is 22.0. The fraction of sp³-hybridized carbons (Fsp3) is 0.385. The molecule has 0 saturated carbocycles. The summed E-state index contributed by atoms with van der Waals surface area (Å²) >= 11 is 0. The average Bonchev–Trinajstić information content (AvgIpc) is 3.13. The molecule has 0 spiro atoms. The molecule has 0 bridgehead atoms. The number of rotatable bonds is 6. The van der Waals surface area contributed by atoms with Crippen LogP contribution in [0.4, 0.5) is 5.69 Å². The van der Waals surface area contributed by atoms with Gasteiger partial charge in [-0.05, 0) is 47.9 Å². The van der Waals surface area contributed by atoms with Crippen LogP contribution in [0.5, 0.6) is 0 Å². The van der Waals surface area contributed by atoms with Crippen molar-refractivity contribution in [2.45, 2.75) is 45.1 Å². The standard InChI is InChI=1S/C26H30N2O3/c1-18(2)16-26(21-9-4-3-5-10-21)24-20(17-31-26)14-15-28(25(24)30)23(29)13-12-19-8-6-7-11-22(19)27/h3-11,18H,12-17,27H2,1-2H3. The molecule has 2 N–H and O–H groups in total. The minimum absolute atomic E-state index is 0.154. The molecule has 0 saturated heterocycles. The molecule has 5 nitrogen and oxygen atoms in total. The number of carbonyl (C=O) groups excluding carboxylic acids is 2. The van der Waals surface area contributed by atoms with E-state index in [0.717, 1.165) is 16.7 Å². The molecule has 2 aromatic carbocycles. The predicted octanol–water partition coefficient (Wildman–Crippen LogP) is 4.23. The molecule has 2 amide bonds. The first kappa shape index (κ1) is 21.3. The lowest BCUT2D eigenvalue weighted by Gasteiger charge is -2.36. The zero-order valence-corrected chi connectivity index (χ0v) is 18.3. The number of hydrogen-bond acceptors (Lipinski definition) is 4. The number of benzene rings is 2. The molecule has 2 aromatic rings. The lowest BCUT2D eigenvalue weighted by atomic mass is 9.77. The molecule has 0 aliphatic carbocycles. The van der Waals surface area contributed by atoms with Gasteiger partial charge in [-0.1, -0.05) is 62.4 Å². The lowest BCUT2D eigenvalue weighted by molar-refractivity contribution is -0.144. The summed E-state index contributed by atoms with van der Waals surface area (Å²) in [7, 11) is 0. The van der Waals surface area contributed by atoms with Crippen LogP contribution in [-0.4, -0.2) is 29.9 Å². The highest BCUT2D eigenvalue weighted by molar-refractivity contribution is 6.07. The van der Waals surface area contributed by atoms with Crippen LogP contribution in [0.25, 0.3) is 0 Å². The van der Waals surface area contributed by atoms with Crippen molar-refractivity contribution in [2.75, 3.05) is 18.9 Å². The van der Waals surface area contributed by atoms with Gasteiger partial charge in [-0.2, -0.15) is 0 Å². The maximum Gasteiger partial charge on any atom is 0.259 e. The molecule has 0 aromatic heterocycles. The normalized spacial score (nSPS) is 21.0. The minimum atomic E-state index is -0.787. The van der Waals surface area contributed by atoms with Crippen LogP contribution >= 0.6 is 0 Å². The van der Waals surface area contributed by atoms with Crippen molar-refractivity contribution < 1.29 is 14.3 Å². The molecule has 31 heavy (non-hydrogen) atoms. The van der Waals surface area contributed by atoms with Gasteiger partial charge in [-0.3, -0.25) is 14.5 Å². The monoisotopic (exact) mass is 418 g/mol. The van der Waals surface area contributed by atoms with E-state index < -0.39 is 5.60 Å². The van der Waals surface area contributed by atoms with E-state index in [-0.39, 0.29) is 18.2 Å². The molecule has 4 rings (SSSR count). The number of nitrogens with zero attached hydrogens (tertiary/aromatic N) is 1. The highest BCUT2D eigenvalue weighted by Gasteiger charge is 2.50. The second-order valence-electron chi connectivity index (χ2n) is 8.86. The molecule has 162 valence electrons. The van der Waals surface area contributed by atoms with Crippen molar-refractivity contribution in [2.24, 2.45) is 5.92 Å². The Morgan fingerprint density at radius 2 is 1.84 bits per heavy atom. The molecule has 5 heteroatoms. The number of carbonyl (C=O) groups is 2. The van der Waals surface area contributed by atoms with E-state index >= 15 is 0 Å². The van der Waals surface area contributed by atoms with Gasteiger partial charge in [-0.15, -0.1) is 0 Å². The minimum Gasteiger partial charge on any atom is -0.399 e. The Bertz CT molecular complexity index is 1010. The Hall–Kier alpha value is -2.92. The number of anilines is 1. The van der Waals surface area contributed by atoms with Crippen LogP contribution in [0.2, 0.25) is 0 Å². The molecular weight excluding hydrogens is 388 g/mol. The molecule has 1 unspecified atom stereocenters. The van der Waals surface area contributed by atoms with Gasteiger partial charge in [0.15, 0.2) is 0 Å². The van der Waals surface area contributed by atoms with E-state index in [1.807, 2.05) is 54.6 Å². The van der Waals surface area contributed by atoms with Crippen molar-refractivity contribution in [3.8, 4) is 0 Å².